The van der Waals surface area contributed by atoms with E-state index in [0.29, 0.717) is 17.6 Å². The largest absolute Gasteiger partial charge is 0.472 e. The zero-order chi connectivity index (χ0) is 32.1. The summed E-state index contributed by atoms with van der Waals surface area (Å²) in [5, 5.41) is 10.1. The van der Waals surface area contributed by atoms with Gasteiger partial charge in [0, 0.05) is 12.5 Å². The molecule has 11 atom stereocenters. The quantitative estimate of drug-likeness (QED) is 0.176. The number of methoxy groups -OCH3 is 1. The number of imidazole rings is 2. The van der Waals surface area contributed by atoms with E-state index in [2.05, 4.69) is 29.9 Å². The van der Waals surface area contributed by atoms with Crippen LogP contribution in [-0.4, -0.2) is 99.0 Å². The number of ether oxygens (including phenoxy) is 1. The highest BCUT2D eigenvalue weighted by atomic mass is 32.2. The van der Waals surface area contributed by atoms with Crippen molar-refractivity contribution < 1.29 is 42.0 Å². The number of aromatic nitrogens is 8. The second kappa shape index (κ2) is 10.8. The van der Waals surface area contributed by atoms with Crippen LogP contribution in [0.15, 0.2) is 23.8 Å². The Hall–Kier alpha value is -2.97. The van der Waals surface area contributed by atoms with Crippen LogP contribution in [-0.2, 0) is 32.0 Å². The third-order valence-corrected chi connectivity index (χ3v) is 12.5. The van der Waals surface area contributed by atoms with Crippen LogP contribution in [0.1, 0.15) is 17.8 Å². The van der Waals surface area contributed by atoms with Gasteiger partial charge in [0.1, 0.15) is 41.6 Å². The number of nitrogens with one attached hydrogen (secondary N) is 1. The summed E-state index contributed by atoms with van der Waals surface area (Å²) in [5.41, 5.74) is 11.0. The molecule has 2 saturated carbocycles. The Balaban J connectivity index is 1.13. The second-order valence-corrected chi connectivity index (χ2v) is 15.4. The van der Waals surface area contributed by atoms with Gasteiger partial charge >= 0.3 is 16.1 Å². The minimum absolute atomic E-state index is 0.00223. The van der Waals surface area contributed by atoms with Gasteiger partial charge in [-0.15, -0.1) is 11.8 Å². The number of rotatable bonds is 3. The summed E-state index contributed by atoms with van der Waals surface area (Å²) in [6.07, 6.45) is 0.123. The van der Waals surface area contributed by atoms with Crippen LogP contribution in [0, 0.1) is 11.3 Å². The molecule has 0 aromatic carbocycles. The molecule has 1 spiro atoms. The van der Waals surface area contributed by atoms with Gasteiger partial charge in [0.2, 0.25) is 5.95 Å². The standard InChI is InChI=1S/C23H28N10O10P2S/c1-39-14-9-3-40-44(36)42-16-13(34)12(32-6-28-10-17(24)26-5-27-18(10)32)8-2-23(8,16)4-41-45(37,38)43-15(14)21(46-9)33-7-29-11-19(33)30-22(25)31-20(11)35/h5-9,12-16,21,34,44H,2-4H2,1H3,(H,37,38)(H2,24,26,27)(H3,25,30,31,35)/t8?,9-,12-,13+,14-,15-,16+,21-,23+/m1/s1. The lowest BCUT2D eigenvalue weighted by Gasteiger charge is -2.29. The number of nitrogens with two attached hydrogens (primary N) is 2. The van der Waals surface area contributed by atoms with Crippen LogP contribution in [0.25, 0.3) is 22.3 Å². The summed E-state index contributed by atoms with van der Waals surface area (Å²) in [6.45, 7) is -0.558. The van der Waals surface area contributed by atoms with Crippen LogP contribution >= 0.6 is 27.8 Å². The predicted molar refractivity (Wildman–Crippen MR) is 160 cm³/mol. The molecule has 2 bridgehead atoms. The van der Waals surface area contributed by atoms with Crippen molar-refractivity contribution in [3.63, 3.8) is 0 Å². The van der Waals surface area contributed by atoms with E-state index in [1.165, 1.54) is 42.4 Å². The fraction of sp³-hybridized carbons (Fsp3) is 0.565. The molecule has 23 heteroatoms. The van der Waals surface area contributed by atoms with E-state index in [0.717, 1.165) is 0 Å². The number of phosphoric ester groups is 1. The molecule has 4 aromatic rings. The van der Waals surface area contributed by atoms with Crippen molar-refractivity contribution in [2.24, 2.45) is 11.3 Å². The van der Waals surface area contributed by atoms with Crippen molar-refractivity contribution in [3.05, 3.63) is 29.3 Å². The van der Waals surface area contributed by atoms with Gasteiger partial charge in [0.15, 0.2) is 22.6 Å². The molecule has 7 N–H and O–H groups in total. The molecule has 0 amide bonds. The number of anilines is 2. The molecule has 4 fully saturated rings. The number of nitrogen functional groups attached to an aromatic ring is 2. The third kappa shape index (κ3) is 4.64. The van der Waals surface area contributed by atoms with Crippen LogP contribution in [0.3, 0.4) is 0 Å². The van der Waals surface area contributed by atoms with Gasteiger partial charge in [-0.3, -0.25) is 28.0 Å². The number of fused-ring (bicyclic) bond motifs is 4. The Labute approximate surface area is 262 Å². The van der Waals surface area contributed by atoms with Crippen molar-refractivity contribution in [2.75, 3.05) is 31.8 Å². The molecule has 6 heterocycles. The van der Waals surface area contributed by atoms with E-state index in [-0.39, 0.29) is 42.1 Å². The Bertz CT molecular complexity index is 1990. The lowest BCUT2D eigenvalue weighted by molar-refractivity contribution is -0.0272. The Morgan fingerprint density at radius 1 is 1.20 bits per heavy atom. The van der Waals surface area contributed by atoms with E-state index in [4.69, 9.17) is 34.3 Å². The fourth-order valence-corrected chi connectivity index (χ4v) is 10.8. The lowest BCUT2D eigenvalue weighted by atomic mass is 10.0. The first-order chi connectivity index (χ1) is 22.0. The first-order valence-corrected chi connectivity index (χ1v) is 17.7. The van der Waals surface area contributed by atoms with Crippen molar-refractivity contribution >= 4 is 61.9 Å². The monoisotopic (exact) mass is 698 g/mol. The third-order valence-electron chi connectivity index (χ3n) is 9.15. The number of aliphatic hydroxyl groups excluding tert-OH is 1. The molecule has 2 aliphatic heterocycles. The van der Waals surface area contributed by atoms with Gasteiger partial charge in [-0.2, -0.15) is 4.98 Å². The molecule has 3 unspecified atom stereocenters. The number of phosphoric acid groups is 1. The minimum Gasteiger partial charge on any atom is -0.388 e. The minimum atomic E-state index is -4.84. The zero-order valence-corrected chi connectivity index (χ0v) is 26.5. The second-order valence-electron chi connectivity index (χ2n) is 11.6. The van der Waals surface area contributed by atoms with E-state index in [1.807, 2.05) is 0 Å². The number of aromatic amines is 1. The topological polar surface area (TPSA) is 280 Å². The van der Waals surface area contributed by atoms with E-state index in [1.54, 1.807) is 4.57 Å². The Morgan fingerprint density at radius 3 is 2.78 bits per heavy atom. The summed E-state index contributed by atoms with van der Waals surface area (Å²) < 4.78 is 58.8. The highest BCUT2D eigenvalue weighted by molar-refractivity contribution is 8.00. The van der Waals surface area contributed by atoms with Crippen molar-refractivity contribution in [3.8, 4) is 0 Å². The summed E-state index contributed by atoms with van der Waals surface area (Å²) in [7, 11) is -6.69. The smallest absolute Gasteiger partial charge is 0.388 e. The van der Waals surface area contributed by atoms with Gasteiger partial charge in [-0.25, -0.2) is 24.5 Å². The molecule has 246 valence electrons. The van der Waals surface area contributed by atoms with Crippen LogP contribution in [0.4, 0.5) is 11.8 Å². The molecule has 20 nitrogen and oxygen atoms in total. The number of nitrogens with zero attached hydrogens (tertiary/aromatic N) is 7. The number of hydrogen-bond donors (Lipinski definition) is 5. The highest BCUT2D eigenvalue weighted by Gasteiger charge is 2.73. The van der Waals surface area contributed by atoms with Gasteiger partial charge in [0.25, 0.3) is 5.56 Å². The molecular formula is C23H28N10O10P2S. The molecular weight excluding hydrogens is 670 g/mol. The summed E-state index contributed by atoms with van der Waals surface area (Å²) >= 11 is 1.20. The number of hydrogen-bond acceptors (Lipinski definition) is 17. The van der Waals surface area contributed by atoms with E-state index >= 15 is 0 Å². The molecule has 2 saturated heterocycles. The van der Waals surface area contributed by atoms with E-state index in [9.17, 15) is 23.9 Å². The average Bonchev–Trinajstić information content (AvgIpc) is 3.31. The highest BCUT2D eigenvalue weighted by Crippen LogP contribution is 2.71. The Morgan fingerprint density at radius 2 is 1.98 bits per heavy atom. The van der Waals surface area contributed by atoms with Crippen molar-refractivity contribution in [1.29, 1.82) is 0 Å². The normalized spacial score (nSPS) is 39.4. The number of aliphatic hydroxyl groups is 1. The summed E-state index contributed by atoms with van der Waals surface area (Å²) in [6, 6.07) is -0.666. The summed E-state index contributed by atoms with van der Waals surface area (Å²) in [4.78, 5) is 46.7. The maximum atomic E-state index is 13.6. The predicted octanol–water partition coefficient (Wildman–Crippen LogP) is -0.0179. The van der Waals surface area contributed by atoms with Gasteiger partial charge < -0.3 is 39.8 Å². The van der Waals surface area contributed by atoms with Crippen LogP contribution in [0.2, 0.25) is 0 Å². The number of thioether (sulfide) groups is 1. The van der Waals surface area contributed by atoms with E-state index < -0.39 is 68.1 Å². The maximum Gasteiger partial charge on any atom is 0.472 e. The molecule has 46 heavy (non-hydrogen) atoms. The first-order valence-electron chi connectivity index (χ1n) is 14.0. The lowest BCUT2D eigenvalue weighted by Crippen LogP contribution is -2.37. The van der Waals surface area contributed by atoms with Gasteiger partial charge in [-0.05, 0) is 12.3 Å². The molecule has 2 aliphatic carbocycles. The molecule has 4 aliphatic rings. The molecule has 8 rings (SSSR count). The maximum absolute atomic E-state index is 13.6. The molecule has 4 aromatic heterocycles. The number of H-pyrrole nitrogens is 1. The molecule has 0 radical (unpaired) electrons. The first kappa shape index (κ1) is 30.4. The Kier molecular flexibility index (Phi) is 7.11. The van der Waals surface area contributed by atoms with Gasteiger partial charge in [0.05, 0.1) is 37.2 Å². The fourth-order valence-electron chi connectivity index (χ4n) is 7.04. The van der Waals surface area contributed by atoms with Gasteiger partial charge in [-0.1, -0.05) is 0 Å². The SMILES string of the molecule is CO[C@H]1[C@H]2OP(=O)(O)OC[C@@]34CC3[C@@H](n3cnc5c(N)ncnc53)[C@H](O)[C@@H]4O[PH](=O)OC[C@H]1S[C@H]2n1cnc2c(=O)[nH]c(N)nc21. The van der Waals surface area contributed by atoms with Crippen LogP contribution < -0.4 is 17.0 Å². The zero-order valence-electron chi connectivity index (χ0n) is 23.8. The summed E-state index contributed by atoms with van der Waals surface area (Å²) in [5.74, 6) is -0.337. The average molecular weight is 699 g/mol. The van der Waals surface area contributed by atoms with Crippen molar-refractivity contribution in [2.45, 2.75) is 47.5 Å². The van der Waals surface area contributed by atoms with Crippen LogP contribution in [0.5, 0.6) is 0 Å². The van der Waals surface area contributed by atoms with Crippen molar-refractivity contribution in [1.82, 2.24) is 39.0 Å².